The predicted octanol–water partition coefficient (Wildman–Crippen LogP) is 5.03. The second-order valence-electron chi connectivity index (χ2n) is 7.19. The first-order chi connectivity index (χ1) is 14.6. The molecule has 1 amide bonds. The fourth-order valence-electron chi connectivity index (χ4n) is 3.25. The van der Waals surface area contributed by atoms with Crippen LogP contribution in [0.15, 0.2) is 48.5 Å². The molecule has 166 valence electrons. The Morgan fingerprint density at radius 3 is 2.32 bits per heavy atom. The van der Waals surface area contributed by atoms with Crippen molar-refractivity contribution in [2.45, 2.75) is 38.1 Å². The highest BCUT2D eigenvalue weighted by atomic mass is 35.5. The molecule has 5 nitrogen and oxygen atoms in total. The molecule has 0 unspecified atom stereocenters. The van der Waals surface area contributed by atoms with Crippen molar-refractivity contribution < 1.29 is 32.2 Å². The number of rotatable bonds is 6. The maximum atomic E-state index is 13.0. The summed E-state index contributed by atoms with van der Waals surface area (Å²) in [6.45, 7) is 2.66. The summed E-state index contributed by atoms with van der Waals surface area (Å²) in [6, 6.07) is 10.3. The van der Waals surface area contributed by atoms with E-state index >= 15 is 0 Å². The van der Waals surface area contributed by atoms with E-state index in [0.717, 1.165) is 25.0 Å². The van der Waals surface area contributed by atoms with Gasteiger partial charge in [0.25, 0.3) is 5.91 Å². The lowest BCUT2D eigenvalue weighted by Gasteiger charge is -2.24. The van der Waals surface area contributed by atoms with Gasteiger partial charge in [-0.05, 0) is 50.1 Å². The minimum absolute atomic E-state index is 0.162. The number of esters is 1. The number of halogens is 4. The van der Waals surface area contributed by atoms with Crippen LogP contribution in [0.25, 0.3) is 0 Å². The molecule has 0 aromatic heterocycles. The number of benzene rings is 2. The summed E-state index contributed by atoms with van der Waals surface area (Å²) in [5, 5.41) is 0.410. The van der Waals surface area contributed by atoms with E-state index in [9.17, 15) is 22.8 Å². The lowest BCUT2D eigenvalue weighted by atomic mass is 10.1. The van der Waals surface area contributed by atoms with Gasteiger partial charge in [-0.1, -0.05) is 29.8 Å². The number of carbonyl (C=O) groups is 2. The van der Waals surface area contributed by atoms with Crippen molar-refractivity contribution in [1.82, 2.24) is 4.90 Å². The van der Waals surface area contributed by atoms with Gasteiger partial charge in [-0.25, -0.2) is 4.79 Å². The molecule has 1 fully saturated rings. The van der Waals surface area contributed by atoms with Crippen LogP contribution in [-0.2, 0) is 20.5 Å². The van der Waals surface area contributed by atoms with Gasteiger partial charge in [-0.15, -0.1) is 0 Å². The van der Waals surface area contributed by atoms with Crippen molar-refractivity contribution in [2.75, 3.05) is 13.1 Å². The highest BCUT2D eigenvalue weighted by Crippen LogP contribution is 2.33. The fourth-order valence-corrected chi connectivity index (χ4v) is 3.38. The molecule has 9 heteroatoms. The van der Waals surface area contributed by atoms with Crippen LogP contribution in [0.1, 0.15) is 37.0 Å². The Balaban J connectivity index is 1.82. The first-order valence-electron chi connectivity index (χ1n) is 9.74. The molecule has 1 aliphatic rings. The van der Waals surface area contributed by atoms with Crippen LogP contribution in [-0.4, -0.2) is 36.0 Å². The van der Waals surface area contributed by atoms with E-state index in [0.29, 0.717) is 23.7 Å². The third-order valence-electron chi connectivity index (χ3n) is 4.86. The van der Waals surface area contributed by atoms with E-state index < -0.39 is 29.9 Å². The molecule has 0 N–H and O–H groups in total. The molecule has 1 saturated heterocycles. The third kappa shape index (κ3) is 5.91. The number of nitrogens with zero attached hydrogens (tertiary/aromatic N) is 1. The summed E-state index contributed by atoms with van der Waals surface area (Å²) in [4.78, 5) is 26.9. The van der Waals surface area contributed by atoms with Gasteiger partial charge < -0.3 is 14.4 Å². The van der Waals surface area contributed by atoms with Crippen molar-refractivity contribution in [1.29, 1.82) is 0 Å². The second kappa shape index (κ2) is 9.60. The van der Waals surface area contributed by atoms with E-state index in [2.05, 4.69) is 0 Å². The number of amides is 1. The summed E-state index contributed by atoms with van der Waals surface area (Å²) >= 11 is 5.89. The van der Waals surface area contributed by atoms with Gasteiger partial charge in [0.15, 0.2) is 6.10 Å². The maximum absolute atomic E-state index is 13.0. The van der Waals surface area contributed by atoms with Crippen molar-refractivity contribution in [2.24, 2.45) is 0 Å². The first kappa shape index (κ1) is 22.9. The van der Waals surface area contributed by atoms with Gasteiger partial charge in [0.1, 0.15) is 5.75 Å². The Labute approximate surface area is 182 Å². The average molecular weight is 456 g/mol. The Hall–Kier alpha value is -2.74. The van der Waals surface area contributed by atoms with E-state index in [1.165, 1.54) is 43.3 Å². The summed E-state index contributed by atoms with van der Waals surface area (Å²) in [5.74, 6) is -1.37. The number of carbonyl (C=O) groups excluding carboxylic acids is 2. The number of hydrogen-bond donors (Lipinski definition) is 0. The Morgan fingerprint density at radius 1 is 1.06 bits per heavy atom. The predicted molar refractivity (Wildman–Crippen MR) is 108 cm³/mol. The Kier molecular flexibility index (Phi) is 7.10. The molecule has 2 aromatic carbocycles. The molecule has 1 heterocycles. The van der Waals surface area contributed by atoms with E-state index in [4.69, 9.17) is 21.1 Å². The SMILES string of the molecule is C[C@H](OC(=O)[C@H](Oc1cccc(C(F)(F)F)c1)c1ccc(Cl)cc1)C(=O)N1CCCC1. The summed E-state index contributed by atoms with van der Waals surface area (Å²) in [6.07, 6.45) is -5.22. The Bertz CT molecular complexity index is 927. The molecule has 2 aromatic rings. The molecule has 0 saturated carbocycles. The third-order valence-corrected chi connectivity index (χ3v) is 5.11. The zero-order valence-corrected chi connectivity index (χ0v) is 17.4. The van der Waals surface area contributed by atoms with Gasteiger partial charge in [0.05, 0.1) is 5.56 Å². The van der Waals surface area contributed by atoms with Crippen LogP contribution in [0, 0.1) is 0 Å². The molecule has 0 radical (unpaired) electrons. The van der Waals surface area contributed by atoms with E-state index in [1.54, 1.807) is 4.90 Å². The number of likely N-dealkylation sites (tertiary alicyclic amines) is 1. The highest BCUT2D eigenvalue weighted by Gasteiger charge is 2.33. The molecular formula is C22H21ClF3NO4. The van der Waals surface area contributed by atoms with E-state index in [-0.39, 0.29) is 11.7 Å². The molecule has 0 bridgehead atoms. The zero-order chi connectivity index (χ0) is 22.6. The van der Waals surface area contributed by atoms with Crippen LogP contribution >= 0.6 is 11.6 Å². The summed E-state index contributed by atoms with van der Waals surface area (Å²) in [5.41, 5.74) is -0.585. The van der Waals surface area contributed by atoms with Gasteiger partial charge in [-0.2, -0.15) is 13.2 Å². The number of alkyl halides is 3. The minimum Gasteiger partial charge on any atom is -0.474 e. The van der Waals surface area contributed by atoms with Gasteiger partial charge in [0.2, 0.25) is 6.10 Å². The number of ether oxygens (including phenoxy) is 2. The van der Waals surface area contributed by atoms with Crippen LogP contribution in [0.4, 0.5) is 13.2 Å². The molecule has 2 atom stereocenters. The van der Waals surface area contributed by atoms with Gasteiger partial charge in [-0.3, -0.25) is 4.79 Å². The second-order valence-corrected chi connectivity index (χ2v) is 7.62. The van der Waals surface area contributed by atoms with Crippen molar-refractivity contribution in [3.05, 3.63) is 64.7 Å². The standard InChI is InChI=1S/C22H21ClF3NO4/c1-14(20(28)27-11-2-3-12-27)30-21(29)19(15-7-9-17(23)10-8-15)31-18-6-4-5-16(13-18)22(24,25)26/h4-10,13-14,19H,2-3,11-12H2,1H3/t14-,19+/m0/s1. The quantitative estimate of drug-likeness (QED) is 0.573. The normalized spacial score (nSPS) is 16.0. The van der Waals surface area contributed by atoms with Gasteiger partial charge >= 0.3 is 12.1 Å². The van der Waals surface area contributed by atoms with Crippen molar-refractivity contribution >= 4 is 23.5 Å². The Morgan fingerprint density at radius 2 is 1.71 bits per heavy atom. The van der Waals surface area contributed by atoms with Crippen LogP contribution in [0.2, 0.25) is 5.02 Å². The van der Waals surface area contributed by atoms with Crippen molar-refractivity contribution in [3.8, 4) is 5.75 Å². The largest absolute Gasteiger partial charge is 0.474 e. The summed E-state index contributed by atoms with van der Waals surface area (Å²) in [7, 11) is 0. The molecule has 1 aliphatic heterocycles. The van der Waals surface area contributed by atoms with Gasteiger partial charge in [0, 0.05) is 23.7 Å². The lowest BCUT2D eigenvalue weighted by Crippen LogP contribution is -2.39. The first-order valence-corrected chi connectivity index (χ1v) is 10.1. The summed E-state index contributed by atoms with van der Waals surface area (Å²) < 4.78 is 50.0. The highest BCUT2D eigenvalue weighted by molar-refractivity contribution is 6.30. The topological polar surface area (TPSA) is 55.8 Å². The maximum Gasteiger partial charge on any atom is 0.416 e. The minimum atomic E-state index is -4.56. The fraction of sp³-hybridized carbons (Fsp3) is 0.364. The molecule has 31 heavy (non-hydrogen) atoms. The molecular weight excluding hydrogens is 435 g/mol. The lowest BCUT2D eigenvalue weighted by molar-refractivity contribution is -0.164. The van der Waals surface area contributed by atoms with Crippen LogP contribution in [0.5, 0.6) is 5.75 Å². The zero-order valence-electron chi connectivity index (χ0n) is 16.7. The van der Waals surface area contributed by atoms with Crippen LogP contribution < -0.4 is 4.74 Å². The molecule has 0 spiro atoms. The smallest absolute Gasteiger partial charge is 0.416 e. The van der Waals surface area contributed by atoms with E-state index in [1.807, 2.05) is 0 Å². The number of hydrogen-bond acceptors (Lipinski definition) is 4. The monoisotopic (exact) mass is 455 g/mol. The van der Waals surface area contributed by atoms with Crippen molar-refractivity contribution in [3.63, 3.8) is 0 Å². The molecule has 0 aliphatic carbocycles. The molecule has 3 rings (SSSR count). The average Bonchev–Trinajstić information content (AvgIpc) is 3.26. The van der Waals surface area contributed by atoms with Crippen LogP contribution in [0.3, 0.4) is 0 Å².